The highest BCUT2D eigenvalue weighted by molar-refractivity contribution is 5.82. The normalized spacial score (nSPS) is 14.4. The molecule has 0 saturated heterocycles. The van der Waals surface area contributed by atoms with E-state index in [2.05, 4.69) is 10.6 Å². The Kier molecular flexibility index (Phi) is 5.13. The Morgan fingerprint density at radius 3 is 1.89 bits per heavy atom. The molecule has 0 radical (unpaired) electrons. The number of carboxylic acid groups (broad SMARTS) is 2. The van der Waals surface area contributed by atoms with Gasteiger partial charge in [0.1, 0.15) is 0 Å². The zero-order valence-electron chi connectivity index (χ0n) is 11.0. The van der Waals surface area contributed by atoms with Crippen LogP contribution in [0.4, 0.5) is 4.79 Å². The molecule has 1 atom stereocenters. The molecular formula is C11H20N2O5. The second-order valence-corrected chi connectivity index (χ2v) is 5.49. The Hall–Kier alpha value is -1.79. The number of nitrogens with one attached hydrogen (secondary N) is 2. The van der Waals surface area contributed by atoms with Crippen LogP contribution in [0.15, 0.2) is 0 Å². The van der Waals surface area contributed by atoms with Crippen molar-refractivity contribution in [1.82, 2.24) is 10.6 Å². The number of hydrogen-bond donors (Lipinski definition) is 4. The fourth-order valence-electron chi connectivity index (χ4n) is 1.21. The summed E-state index contributed by atoms with van der Waals surface area (Å²) in [6.45, 7) is 6.36. The predicted molar refractivity (Wildman–Crippen MR) is 64.3 cm³/mol. The van der Waals surface area contributed by atoms with E-state index in [-0.39, 0.29) is 6.54 Å². The number of urea groups is 1. The lowest BCUT2D eigenvalue weighted by atomic mass is 9.87. The van der Waals surface area contributed by atoms with Crippen molar-refractivity contribution in [3.63, 3.8) is 0 Å². The molecule has 0 rings (SSSR count). The van der Waals surface area contributed by atoms with E-state index in [1.807, 2.05) is 0 Å². The van der Waals surface area contributed by atoms with Crippen molar-refractivity contribution in [2.45, 2.75) is 39.7 Å². The summed E-state index contributed by atoms with van der Waals surface area (Å²) in [5, 5.41) is 22.6. The van der Waals surface area contributed by atoms with Crippen LogP contribution in [0.2, 0.25) is 0 Å². The van der Waals surface area contributed by atoms with Crippen LogP contribution in [-0.2, 0) is 9.59 Å². The van der Waals surface area contributed by atoms with Crippen molar-refractivity contribution in [3.05, 3.63) is 0 Å². The number of aliphatic carboxylic acids is 2. The molecule has 7 nitrogen and oxygen atoms in total. The van der Waals surface area contributed by atoms with Crippen LogP contribution in [-0.4, -0.2) is 40.3 Å². The molecule has 0 heterocycles. The van der Waals surface area contributed by atoms with Crippen molar-refractivity contribution >= 4 is 18.0 Å². The van der Waals surface area contributed by atoms with Gasteiger partial charge in [0.15, 0.2) is 0 Å². The second kappa shape index (κ2) is 5.70. The van der Waals surface area contributed by atoms with E-state index in [4.69, 9.17) is 10.2 Å². The molecule has 0 aromatic carbocycles. The highest BCUT2D eigenvalue weighted by atomic mass is 16.4. The van der Waals surface area contributed by atoms with E-state index in [1.54, 1.807) is 20.8 Å². The predicted octanol–water partition coefficient (Wildman–Crippen LogP) is 0.650. The van der Waals surface area contributed by atoms with Gasteiger partial charge in [0, 0.05) is 12.1 Å². The number of amides is 2. The molecule has 4 N–H and O–H groups in total. The number of hydrogen-bond acceptors (Lipinski definition) is 3. The van der Waals surface area contributed by atoms with Gasteiger partial charge in [0.05, 0.1) is 11.8 Å². The van der Waals surface area contributed by atoms with E-state index in [0.29, 0.717) is 0 Å². The van der Waals surface area contributed by atoms with E-state index < -0.39 is 35.3 Å². The Bertz CT molecular complexity index is 348. The lowest BCUT2D eigenvalue weighted by Gasteiger charge is -2.25. The molecular weight excluding hydrogens is 240 g/mol. The first-order valence-electron chi connectivity index (χ1n) is 5.47. The van der Waals surface area contributed by atoms with Crippen LogP contribution in [0.1, 0.15) is 34.1 Å². The Labute approximate surface area is 106 Å². The quantitative estimate of drug-likeness (QED) is 0.579. The standard InChI is InChI=1S/C11H20N2O5/c1-10(2,3)13-9(18)12-6-11(4,8(16)17)5-7(14)15/h5-6H2,1-4H3,(H,14,15)(H,16,17)(H2,12,13,18). The summed E-state index contributed by atoms with van der Waals surface area (Å²) in [4.78, 5) is 33.1. The minimum absolute atomic E-state index is 0.253. The zero-order chi connectivity index (χ0) is 14.6. The molecule has 0 bridgehead atoms. The minimum atomic E-state index is -1.53. The Morgan fingerprint density at radius 1 is 1.06 bits per heavy atom. The summed E-state index contributed by atoms with van der Waals surface area (Å²) >= 11 is 0. The molecule has 2 amide bonds. The van der Waals surface area contributed by atoms with E-state index in [1.165, 1.54) is 6.92 Å². The third-order valence-electron chi connectivity index (χ3n) is 2.19. The van der Waals surface area contributed by atoms with Crippen LogP contribution >= 0.6 is 0 Å². The summed E-state index contributed by atoms with van der Waals surface area (Å²) in [7, 11) is 0. The molecule has 0 aliphatic carbocycles. The molecule has 0 spiro atoms. The summed E-state index contributed by atoms with van der Waals surface area (Å²) < 4.78 is 0. The van der Waals surface area contributed by atoms with Crippen LogP contribution in [0.5, 0.6) is 0 Å². The highest BCUT2D eigenvalue weighted by Crippen LogP contribution is 2.20. The topological polar surface area (TPSA) is 116 Å². The van der Waals surface area contributed by atoms with E-state index >= 15 is 0 Å². The number of carboxylic acids is 2. The molecule has 7 heteroatoms. The van der Waals surface area contributed by atoms with E-state index in [0.717, 1.165) is 0 Å². The van der Waals surface area contributed by atoms with Gasteiger partial charge in [0.25, 0.3) is 0 Å². The van der Waals surface area contributed by atoms with Crippen LogP contribution in [0.25, 0.3) is 0 Å². The summed E-state index contributed by atoms with van der Waals surface area (Å²) in [6.07, 6.45) is -0.557. The van der Waals surface area contributed by atoms with Gasteiger partial charge in [-0.1, -0.05) is 0 Å². The fourth-order valence-corrected chi connectivity index (χ4v) is 1.21. The third-order valence-corrected chi connectivity index (χ3v) is 2.19. The van der Waals surface area contributed by atoms with Gasteiger partial charge in [0.2, 0.25) is 0 Å². The maximum Gasteiger partial charge on any atom is 0.315 e. The van der Waals surface area contributed by atoms with Crippen LogP contribution < -0.4 is 10.6 Å². The van der Waals surface area contributed by atoms with Gasteiger partial charge < -0.3 is 20.8 Å². The molecule has 1 unspecified atom stereocenters. The average Bonchev–Trinajstić information content (AvgIpc) is 2.10. The van der Waals surface area contributed by atoms with Crippen LogP contribution in [0, 0.1) is 5.41 Å². The molecule has 0 aromatic rings. The minimum Gasteiger partial charge on any atom is -0.481 e. The molecule has 104 valence electrons. The lowest BCUT2D eigenvalue weighted by molar-refractivity contribution is -0.154. The largest absolute Gasteiger partial charge is 0.481 e. The second-order valence-electron chi connectivity index (χ2n) is 5.49. The third kappa shape index (κ3) is 6.07. The van der Waals surface area contributed by atoms with E-state index in [9.17, 15) is 14.4 Å². The SMILES string of the molecule is CC(C)(C)NC(=O)NCC(C)(CC(=O)O)C(=O)O. The van der Waals surface area contributed by atoms with Crippen molar-refractivity contribution in [2.75, 3.05) is 6.54 Å². The number of rotatable bonds is 5. The van der Waals surface area contributed by atoms with Crippen molar-refractivity contribution in [2.24, 2.45) is 5.41 Å². The first-order valence-corrected chi connectivity index (χ1v) is 5.47. The summed E-state index contributed by atoms with van der Waals surface area (Å²) in [5.41, 5.74) is -1.97. The average molecular weight is 260 g/mol. The summed E-state index contributed by atoms with van der Waals surface area (Å²) in [6, 6.07) is -0.527. The van der Waals surface area contributed by atoms with Gasteiger partial charge >= 0.3 is 18.0 Å². The first kappa shape index (κ1) is 16.2. The monoisotopic (exact) mass is 260 g/mol. The van der Waals surface area contributed by atoms with Gasteiger partial charge in [-0.2, -0.15) is 0 Å². The lowest BCUT2D eigenvalue weighted by Crippen LogP contribution is -2.50. The maximum atomic E-state index is 11.5. The van der Waals surface area contributed by atoms with Gasteiger partial charge in [-0.15, -0.1) is 0 Å². The number of carbonyl (C=O) groups is 3. The zero-order valence-corrected chi connectivity index (χ0v) is 11.0. The van der Waals surface area contributed by atoms with Gasteiger partial charge in [-0.25, -0.2) is 4.79 Å². The fraction of sp³-hybridized carbons (Fsp3) is 0.727. The maximum absolute atomic E-state index is 11.5. The van der Waals surface area contributed by atoms with Crippen molar-refractivity contribution < 1.29 is 24.6 Å². The smallest absolute Gasteiger partial charge is 0.315 e. The summed E-state index contributed by atoms with van der Waals surface area (Å²) in [5.74, 6) is -2.49. The number of carbonyl (C=O) groups excluding carboxylic acids is 1. The first-order chi connectivity index (χ1) is 7.96. The van der Waals surface area contributed by atoms with Crippen molar-refractivity contribution in [1.29, 1.82) is 0 Å². The molecule has 0 aromatic heterocycles. The molecule has 0 aliphatic heterocycles. The Morgan fingerprint density at radius 2 is 1.56 bits per heavy atom. The Balaban J connectivity index is 4.50. The highest BCUT2D eigenvalue weighted by Gasteiger charge is 2.36. The van der Waals surface area contributed by atoms with Gasteiger partial charge in [-0.3, -0.25) is 9.59 Å². The molecule has 18 heavy (non-hydrogen) atoms. The van der Waals surface area contributed by atoms with Gasteiger partial charge in [-0.05, 0) is 27.7 Å². The molecule has 0 aliphatic rings. The van der Waals surface area contributed by atoms with Crippen molar-refractivity contribution in [3.8, 4) is 0 Å². The van der Waals surface area contributed by atoms with Crippen LogP contribution in [0.3, 0.4) is 0 Å². The molecule has 0 saturated carbocycles. The molecule has 0 fully saturated rings.